The van der Waals surface area contributed by atoms with E-state index in [0.29, 0.717) is 37.5 Å². The number of rotatable bonds is 4. The normalized spacial score (nSPS) is 20.8. The molecule has 2 heterocycles. The zero-order valence-electron chi connectivity index (χ0n) is 14.8. The molecule has 3 rings (SSSR count). The summed E-state index contributed by atoms with van der Waals surface area (Å²) in [5.41, 5.74) is 1.42. The molecule has 2 aliphatic heterocycles. The first-order valence-corrected chi connectivity index (χ1v) is 8.89. The Bertz CT molecular complexity index is 635. The quantitative estimate of drug-likeness (QED) is 0.879. The van der Waals surface area contributed by atoms with Crippen molar-refractivity contribution >= 4 is 23.5 Å². The van der Waals surface area contributed by atoms with E-state index in [2.05, 4.69) is 24.5 Å². The number of amides is 3. The van der Waals surface area contributed by atoms with Gasteiger partial charge in [-0.25, -0.2) is 9.59 Å². The molecular formula is C18H26N4O3. The van der Waals surface area contributed by atoms with Crippen LogP contribution in [0.4, 0.5) is 21.0 Å². The largest absolute Gasteiger partial charge is 0.447 e. The molecule has 0 spiro atoms. The summed E-state index contributed by atoms with van der Waals surface area (Å²) in [4.78, 5) is 27.7. The lowest BCUT2D eigenvalue weighted by atomic mass is 10.1. The smallest absolute Gasteiger partial charge is 0.414 e. The Kier molecular flexibility index (Phi) is 5.43. The number of piperidine rings is 1. The molecule has 7 nitrogen and oxygen atoms in total. The third kappa shape index (κ3) is 4.42. The van der Waals surface area contributed by atoms with Crippen LogP contribution in [0.5, 0.6) is 0 Å². The van der Waals surface area contributed by atoms with Gasteiger partial charge in [0.2, 0.25) is 0 Å². The van der Waals surface area contributed by atoms with Crippen molar-refractivity contribution in [1.82, 2.24) is 10.2 Å². The van der Waals surface area contributed by atoms with E-state index < -0.39 is 0 Å². The van der Waals surface area contributed by atoms with Crippen LogP contribution in [-0.2, 0) is 4.74 Å². The molecule has 1 atom stereocenters. The summed E-state index contributed by atoms with van der Waals surface area (Å²) in [5, 5.41) is 6.45. The van der Waals surface area contributed by atoms with Gasteiger partial charge in [-0.05, 0) is 31.0 Å². The highest BCUT2D eigenvalue weighted by atomic mass is 16.6. The van der Waals surface area contributed by atoms with Gasteiger partial charge in [-0.1, -0.05) is 19.9 Å². The minimum Gasteiger partial charge on any atom is -0.447 e. The second-order valence-corrected chi connectivity index (χ2v) is 6.85. The number of hydrogen-bond acceptors (Lipinski definition) is 4. The van der Waals surface area contributed by atoms with Gasteiger partial charge in [-0.2, -0.15) is 0 Å². The first kappa shape index (κ1) is 17.5. The van der Waals surface area contributed by atoms with E-state index in [1.165, 1.54) is 0 Å². The van der Waals surface area contributed by atoms with Crippen LogP contribution in [0.2, 0.25) is 0 Å². The van der Waals surface area contributed by atoms with Crippen molar-refractivity contribution in [3.8, 4) is 0 Å². The van der Waals surface area contributed by atoms with Gasteiger partial charge in [-0.3, -0.25) is 4.90 Å². The van der Waals surface area contributed by atoms with Crippen molar-refractivity contribution in [2.75, 3.05) is 36.5 Å². The van der Waals surface area contributed by atoms with E-state index in [1.54, 1.807) is 11.0 Å². The maximum absolute atomic E-state index is 12.6. The molecule has 25 heavy (non-hydrogen) atoms. The number of ether oxygens (including phenoxy) is 1. The number of urea groups is 1. The Labute approximate surface area is 148 Å². The number of hydrogen-bond donors (Lipinski definition) is 2. The molecule has 2 N–H and O–H groups in total. The molecule has 136 valence electrons. The highest BCUT2D eigenvalue weighted by molar-refractivity contribution is 5.93. The number of likely N-dealkylation sites (tertiary alicyclic amines) is 1. The minimum atomic E-state index is -0.345. The number of carbonyl (C=O) groups is 2. The minimum absolute atomic E-state index is 0.101. The average molecular weight is 346 g/mol. The molecule has 1 aromatic carbocycles. The van der Waals surface area contributed by atoms with Crippen LogP contribution in [-0.4, -0.2) is 55.3 Å². The van der Waals surface area contributed by atoms with Crippen molar-refractivity contribution in [1.29, 1.82) is 0 Å². The number of anilines is 2. The van der Waals surface area contributed by atoms with Crippen LogP contribution in [0.15, 0.2) is 24.3 Å². The molecule has 1 aromatic rings. The first-order valence-electron chi connectivity index (χ1n) is 8.89. The molecular weight excluding hydrogens is 320 g/mol. The molecule has 0 bridgehead atoms. The third-order valence-corrected chi connectivity index (χ3v) is 4.45. The van der Waals surface area contributed by atoms with Gasteiger partial charge < -0.3 is 20.3 Å². The monoisotopic (exact) mass is 346 g/mol. The van der Waals surface area contributed by atoms with Crippen LogP contribution in [0, 0.1) is 0 Å². The molecule has 0 aromatic heterocycles. The fourth-order valence-corrected chi connectivity index (χ4v) is 3.35. The summed E-state index contributed by atoms with van der Waals surface area (Å²) < 4.78 is 4.96. The van der Waals surface area contributed by atoms with Gasteiger partial charge >= 0.3 is 12.1 Å². The Balaban J connectivity index is 1.62. The van der Waals surface area contributed by atoms with Crippen LogP contribution in [0.25, 0.3) is 0 Å². The van der Waals surface area contributed by atoms with E-state index >= 15 is 0 Å². The summed E-state index contributed by atoms with van der Waals surface area (Å²) in [6.45, 7) is 6.64. The number of nitrogens with zero attached hydrogens (tertiary/aromatic N) is 2. The maximum Gasteiger partial charge on any atom is 0.414 e. The number of nitrogens with one attached hydrogen (secondary N) is 2. The third-order valence-electron chi connectivity index (χ3n) is 4.45. The average Bonchev–Trinajstić information content (AvgIpc) is 3.01. The van der Waals surface area contributed by atoms with E-state index in [4.69, 9.17) is 4.74 Å². The second kappa shape index (κ2) is 7.74. The summed E-state index contributed by atoms with van der Waals surface area (Å²) in [6, 6.07) is 7.95. The molecule has 2 saturated heterocycles. The van der Waals surface area contributed by atoms with Crippen LogP contribution in [0.3, 0.4) is 0 Å². The molecule has 0 saturated carbocycles. The van der Waals surface area contributed by atoms with Gasteiger partial charge in [0.05, 0.1) is 6.54 Å². The lowest BCUT2D eigenvalue weighted by Gasteiger charge is -2.34. The van der Waals surface area contributed by atoms with Crippen molar-refractivity contribution < 1.29 is 14.3 Å². The van der Waals surface area contributed by atoms with E-state index in [-0.39, 0.29) is 12.1 Å². The molecule has 2 fully saturated rings. The van der Waals surface area contributed by atoms with Crippen molar-refractivity contribution in [3.63, 3.8) is 0 Å². The van der Waals surface area contributed by atoms with Gasteiger partial charge in [0.25, 0.3) is 0 Å². The lowest BCUT2D eigenvalue weighted by molar-refractivity contribution is 0.181. The summed E-state index contributed by atoms with van der Waals surface area (Å²) in [7, 11) is 0. The fraction of sp³-hybridized carbons (Fsp3) is 0.556. The maximum atomic E-state index is 12.6. The SMILES string of the molecule is CC(C)N[C@@H]1CCCN(C(=O)Nc2cccc(N3CCOC3=O)c2)C1. The zero-order chi connectivity index (χ0) is 17.8. The Hall–Kier alpha value is -2.28. The Morgan fingerprint density at radius 3 is 2.88 bits per heavy atom. The van der Waals surface area contributed by atoms with Gasteiger partial charge in [-0.15, -0.1) is 0 Å². The molecule has 3 amide bonds. The highest BCUT2D eigenvalue weighted by Crippen LogP contribution is 2.23. The standard InChI is InChI=1S/C18H26N4O3/c1-13(2)19-15-6-4-8-21(12-15)17(23)20-14-5-3-7-16(11-14)22-9-10-25-18(22)24/h3,5,7,11,13,15,19H,4,6,8-10,12H2,1-2H3,(H,20,23)/t15-/m1/s1. The molecule has 0 radical (unpaired) electrons. The van der Waals surface area contributed by atoms with Crippen molar-refractivity contribution in [3.05, 3.63) is 24.3 Å². The Morgan fingerprint density at radius 1 is 1.32 bits per heavy atom. The predicted octanol–water partition coefficient (Wildman–Crippen LogP) is 2.64. The van der Waals surface area contributed by atoms with Crippen LogP contribution < -0.4 is 15.5 Å². The summed E-state index contributed by atoms with van der Waals surface area (Å²) >= 11 is 0. The van der Waals surface area contributed by atoms with Gasteiger partial charge in [0.1, 0.15) is 6.61 Å². The first-order chi connectivity index (χ1) is 12.0. The lowest BCUT2D eigenvalue weighted by Crippen LogP contribution is -2.50. The Morgan fingerprint density at radius 2 is 2.16 bits per heavy atom. The molecule has 0 aliphatic carbocycles. The molecule has 2 aliphatic rings. The summed E-state index contributed by atoms with van der Waals surface area (Å²) in [5.74, 6) is 0. The highest BCUT2D eigenvalue weighted by Gasteiger charge is 2.25. The number of carbonyl (C=O) groups excluding carboxylic acids is 2. The molecule has 0 unspecified atom stereocenters. The van der Waals surface area contributed by atoms with E-state index in [9.17, 15) is 9.59 Å². The van der Waals surface area contributed by atoms with Crippen LogP contribution >= 0.6 is 0 Å². The molecule has 7 heteroatoms. The topological polar surface area (TPSA) is 73.9 Å². The van der Waals surface area contributed by atoms with Gasteiger partial charge in [0.15, 0.2) is 0 Å². The predicted molar refractivity (Wildman–Crippen MR) is 97.0 cm³/mol. The fourth-order valence-electron chi connectivity index (χ4n) is 3.35. The van der Waals surface area contributed by atoms with E-state index in [1.807, 2.05) is 23.1 Å². The zero-order valence-corrected chi connectivity index (χ0v) is 14.8. The van der Waals surface area contributed by atoms with Gasteiger partial charge in [0, 0.05) is 36.5 Å². The second-order valence-electron chi connectivity index (χ2n) is 6.85. The van der Waals surface area contributed by atoms with E-state index in [0.717, 1.165) is 25.1 Å². The van der Waals surface area contributed by atoms with Crippen molar-refractivity contribution in [2.24, 2.45) is 0 Å². The van der Waals surface area contributed by atoms with Crippen molar-refractivity contribution in [2.45, 2.75) is 38.8 Å². The summed E-state index contributed by atoms with van der Waals surface area (Å²) in [6.07, 6.45) is 1.74. The number of cyclic esters (lactones) is 1. The van der Waals surface area contributed by atoms with Crippen LogP contribution in [0.1, 0.15) is 26.7 Å². The number of benzene rings is 1.